The first-order valence-electron chi connectivity index (χ1n) is 8.93. The Kier molecular flexibility index (Phi) is 4.28. The van der Waals surface area contributed by atoms with E-state index >= 15 is 0 Å². The van der Waals surface area contributed by atoms with Gasteiger partial charge < -0.3 is 4.90 Å². The number of halogens is 1. The molecule has 1 aliphatic carbocycles. The number of fused-ring (bicyclic) bond motifs is 2. The maximum Gasteiger partial charge on any atom is 0.227 e. The van der Waals surface area contributed by atoms with Crippen LogP contribution < -0.4 is 0 Å². The van der Waals surface area contributed by atoms with E-state index in [1.165, 1.54) is 28.0 Å². The second-order valence-corrected chi connectivity index (χ2v) is 8.02. The van der Waals surface area contributed by atoms with Crippen LogP contribution in [0.3, 0.4) is 0 Å². The average Bonchev–Trinajstić information content (AvgIpc) is 2.62. The Morgan fingerprint density at radius 2 is 1.92 bits per heavy atom. The molecule has 0 aromatic heterocycles. The van der Waals surface area contributed by atoms with Crippen molar-refractivity contribution in [2.45, 2.75) is 39.2 Å². The monoisotopic (exact) mass is 395 g/mol. The molecule has 3 heteroatoms. The van der Waals surface area contributed by atoms with E-state index in [9.17, 15) is 4.79 Å². The molecule has 0 N–H and O–H groups in total. The maximum atomic E-state index is 12.9. The smallest absolute Gasteiger partial charge is 0.227 e. The summed E-state index contributed by atoms with van der Waals surface area (Å²) in [6.45, 7) is 4.32. The van der Waals surface area contributed by atoms with Crippen molar-refractivity contribution in [2.24, 2.45) is 5.92 Å². The maximum absolute atomic E-state index is 12.9. The van der Waals surface area contributed by atoms with Gasteiger partial charge in [0, 0.05) is 22.5 Å². The molecule has 0 saturated carbocycles. The fraction of sp³-hybridized carbons (Fsp3) is 0.318. The molecule has 1 aliphatic heterocycles. The fourth-order valence-corrected chi connectivity index (χ4v) is 4.79. The summed E-state index contributed by atoms with van der Waals surface area (Å²) in [4.78, 5) is 14.9. The lowest BCUT2D eigenvalue weighted by molar-refractivity contribution is -0.133. The number of allylic oxidation sites excluding steroid dienone is 2. The normalized spacial score (nSPS) is 21.0. The molecule has 0 radical (unpaired) electrons. The Bertz CT molecular complexity index is 856. The lowest BCUT2D eigenvalue weighted by Gasteiger charge is -2.43. The van der Waals surface area contributed by atoms with Gasteiger partial charge in [-0.15, -0.1) is 0 Å². The van der Waals surface area contributed by atoms with Crippen LogP contribution in [-0.2, 0) is 11.2 Å². The average molecular weight is 396 g/mol. The van der Waals surface area contributed by atoms with Gasteiger partial charge in [0.15, 0.2) is 0 Å². The van der Waals surface area contributed by atoms with Crippen molar-refractivity contribution >= 4 is 27.4 Å². The molecule has 0 bridgehead atoms. The molecule has 4 rings (SSSR count). The van der Waals surface area contributed by atoms with Gasteiger partial charge in [0.1, 0.15) is 0 Å². The summed E-state index contributed by atoms with van der Waals surface area (Å²) >= 11 is 3.59. The molecule has 128 valence electrons. The van der Waals surface area contributed by atoms with Crippen LogP contribution in [0.2, 0.25) is 0 Å². The minimum atomic E-state index is 0.0680. The molecule has 0 spiro atoms. The number of likely N-dealkylation sites (tertiary alicyclic amines) is 1. The molecule has 25 heavy (non-hydrogen) atoms. The van der Waals surface area contributed by atoms with Crippen LogP contribution in [0.1, 0.15) is 49.4 Å². The highest BCUT2D eigenvalue weighted by Crippen LogP contribution is 2.45. The molecular formula is C22H22BrNO. The largest absolute Gasteiger partial charge is 0.308 e. The quantitative estimate of drug-likeness (QED) is 0.634. The summed E-state index contributed by atoms with van der Waals surface area (Å²) in [5.74, 6) is 0.688. The van der Waals surface area contributed by atoms with E-state index in [-0.39, 0.29) is 11.9 Å². The third kappa shape index (κ3) is 2.85. The number of carbonyl (C=O) groups is 1. The van der Waals surface area contributed by atoms with Gasteiger partial charge in [-0.25, -0.2) is 0 Å². The van der Waals surface area contributed by atoms with Crippen molar-refractivity contribution in [3.8, 4) is 0 Å². The highest BCUT2D eigenvalue weighted by Gasteiger charge is 2.38. The topological polar surface area (TPSA) is 20.3 Å². The molecule has 1 saturated heterocycles. The molecule has 2 atom stereocenters. The molecule has 2 aromatic rings. The van der Waals surface area contributed by atoms with Gasteiger partial charge in [0.25, 0.3) is 0 Å². The third-order valence-corrected chi connectivity index (χ3v) is 6.11. The first-order chi connectivity index (χ1) is 12.1. The van der Waals surface area contributed by atoms with Crippen LogP contribution in [0, 0.1) is 5.92 Å². The number of hydrogen-bond acceptors (Lipinski definition) is 1. The number of hydrogen-bond donors (Lipinski definition) is 0. The van der Waals surface area contributed by atoms with Crippen LogP contribution in [0.4, 0.5) is 0 Å². The second kappa shape index (κ2) is 6.45. The van der Waals surface area contributed by atoms with E-state index < -0.39 is 0 Å². The highest BCUT2D eigenvalue weighted by molar-refractivity contribution is 9.10. The molecule has 1 unspecified atom stereocenters. The van der Waals surface area contributed by atoms with Crippen molar-refractivity contribution < 1.29 is 4.79 Å². The molecule has 2 aromatic carbocycles. The van der Waals surface area contributed by atoms with Gasteiger partial charge >= 0.3 is 0 Å². The number of rotatable bonds is 2. The third-order valence-electron chi connectivity index (χ3n) is 5.61. The summed E-state index contributed by atoms with van der Waals surface area (Å²) in [6.07, 6.45) is 2.62. The summed E-state index contributed by atoms with van der Waals surface area (Å²) < 4.78 is 1.13. The number of benzene rings is 2. The molecule has 2 aliphatic rings. The molecule has 1 fully saturated rings. The number of piperidine rings is 1. The van der Waals surface area contributed by atoms with Crippen molar-refractivity contribution in [1.29, 1.82) is 0 Å². The van der Waals surface area contributed by atoms with E-state index in [1.807, 2.05) is 18.2 Å². The van der Waals surface area contributed by atoms with Crippen LogP contribution in [0.25, 0.3) is 5.57 Å². The van der Waals surface area contributed by atoms with Crippen LogP contribution >= 0.6 is 15.9 Å². The van der Waals surface area contributed by atoms with Crippen molar-refractivity contribution in [1.82, 2.24) is 4.90 Å². The fourth-order valence-electron chi connectivity index (χ4n) is 4.38. The number of carbonyl (C=O) groups excluding carboxylic acids is 1. The predicted molar refractivity (Wildman–Crippen MR) is 105 cm³/mol. The Morgan fingerprint density at radius 1 is 1.16 bits per heavy atom. The van der Waals surface area contributed by atoms with E-state index in [4.69, 9.17) is 0 Å². The van der Waals surface area contributed by atoms with Gasteiger partial charge in [0.2, 0.25) is 5.91 Å². The zero-order chi connectivity index (χ0) is 17.6. The Balaban J connectivity index is 1.82. The van der Waals surface area contributed by atoms with Crippen LogP contribution in [-0.4, -0.2) is 10.8 Å². The zero-order valence-electron chi connectivity index (χ0n) is 14.6. The van der Waals surface area contributed by atoms with E-state index in [0.717, 1.165) is 17.3 Å². The summed E-state index contributed by atoms with van der Waals surface area (Å²) in [6, 6.07) is 16.9. The predicted octanol–water partition coefficient (Wildman–Crippen LogP) is 5.74. The molecule has 2 nitrogen and oxygen atoms in total. The molecule has 1 amide bonds. The van der Waals surface area contributed by atoms with Crippen molar-refractivity contribution in [3.05, 3.63) is 75.4 Å². The zero-order valence-corrected chi connectivity index (χ0v) is 16.2. The van der Waals surface area contributed by atoms with Crippen LogP contribution in [0.5, 0.6) is 0 Å². The molecular weight excluding hydrogens is 374 g/mol. The Labute approximate surface area is 157 Å². The van der Waals surface area contributed by atoms with Crippen molar-refractivity contribution in [3.63, 3.8) is 0 Å². The summed E-state index contributed by atoms with van der Waals surface area (Å²) in [5, 5.41) is 0. The lowest BCUT2D eigenvalue weighted by Crippen LogP contribution is -2.42. The van der Waals surface area contributed by atoms with Crippen LogP contribution in [0.15, 0.2) is 58.7 Å². The minimum Gasteiger partial charge on any atom is -0.308 e. The highest BCUT2D eigenvalue weighted by atomic mass is 79.9. The molecule has 1 heterocycles. The van der Waals surface area contributed by atoms with Gasteiger partial charge in [-0.1, -0.05) is 52.3 Å². The summed E-state index contributed by atoms with van der Waals surface area (Å²) in [5.41, 5.74) is 6.37. The van der Waals surface area contributed by atoms with Gasteiger partial charge in [-0.05, 0) is 61.1 Å². The van der Waals surface area contributed by atoms with Gasteiger partial charge in [0.05, 0.1) is 6.04 Å². The number of amides is 1. The summed E-state index contributed by atoms with van der Waals surface area (Å²) in [7, 11) is 0. The van der Waals surface area contributed by atoms with Gasteiger partial charge in [-0.3, -0.25) is 4.79 Å². The first kappa shape index (κ1) is 16.6. The van der Waals surface area contributed by atoms with E-state index in [2.05, 4.69) is 65.0 Å². The van der Waals surface area contributed by atoms with Gasteiger partial charge in [-0.2, -0.15) is 0 Å². The minimum absolute atomic E-state index is 0.0680. The Morgan fingerprint density at radius 3 is 2.68 bits per heavy atom. The van der Waals surface area contributed by atoms with Crippen molar-refractivity contribution in [2.75, 3.05) is 0 Å². The van der Waals surface area contributed by atoms with E-state index in [0.29, 0.717) is 12.3 Å². The first-order valence-corrected chi connectivity index (χ1v) is 9.72. The Hall–Kier alpha value is -1.87. The van der Waals surface area contributed by atoms with E-state index in [1.54, 1.807) is 0 Å². The number of nitrogens with zero attached hydrogens (tertiary/aromatic N) is 1. The standard InChI is InChI=1S/C22H22BrNO/c1-14-20-10-9-19(23)13-18(20)12-17-8-11-21(25)24(22(14)17)15(2)16-6-4-3-5-7-16/h3-7,9-10,13,15,17H,8,11-12H2,1-2H3/t15-,17?/m1/s1. The SMILES string of the molecule is CC1=C2C(CCC(=O)N2[C@H](C)c2ccccc2)Cc2cc(Br)ccc21. The second-order valence-electron chi connectivity index (χ2n) is 7.10. The lowest BCUT2D eigenvalue weighted by atomic mass is 9.77.